The molecule has 0 spiro atoms. The van der Waals surface area contributed by atoms with Gasteiger partial charge in [0.25, 0.3) is 0 Å². The Labute approximate surface area is 167 Å². The van der Waals surface area contributed by atoms with Gasteiger partial charge in [-0.1, -0.05) is 54.1 Å². The average molecular weight is 385 g/mol. The van der Waals surface area contributed by atoms with Crippen LogP contribution in [0.15, 0.2) is 84.2 Å². The highest BCUT2D eigenvalue weighted by Crippen LogP contribution is 2.28. The second-order valence-corrected chi connectivity index (χ2v) is 7.27. The summed E-state index contributed by atoms with van der Waals surface area (Å²) in [4.78, 5) is 8.73. The van der Waals surface area contributed by atoms with Crippen LogP contribution in [0, 0.1) is 0 Å². The van der Waals surface area contributed by atoms with Crippen molar-refractivity contribution in [1.82, 2.24) is 15.4 Å². The fourth-order valence-electron chi connectivity index (χ4n) is 3.54. The third-order valence-electron chi connectivity index (χ3n) is 5.02. The van der Waals surface area contributed by atoms with E-state index in [1.54, 1.807) is 12.4 Å². The van der Waals surface area contributed by atoms with Gasteiger partial charge in [-0.2, -0.15) is 5.10 Å². The molecule has 4 nitrogen and oxygen atoms in total. The highest BCUT2D eigenvalue weighted by molar-refractivity contribution is 6.30. The summed E-state index contributed by atoms with van der Waals surface area (Å²) in [6.07, 6.45) is 4.27. The Kier molecular flexibility index (Phi) is 4.26. The van der Waals surface area contributed by atoms with Gasteiger partial charge in [0.15, 0.2) is 0 Å². The zero-order valence-electron chi connectivity index (χ0n) is 15.0. The third kappa shape index (κ3) is 3.23. The summed E-state index contributed by atoms with van der Waals surface area (Å²) in [5, 5.41) is 5.31. The topological polar surface area (TPSA) is 50.2 Å². The van der Waals surface area contributed by atoms with Gasteiger partial charge in [-0.15, -0.1) is 0 Å². The van der Waals surface area contributed by atoms with E-state index < -0.39 is 0 Å². The maximum atomic E-state index is 6.10. The van der Waals surface area contributed by atoms with Gasteiger partial charge in [-0.25, -0.2) is 0 Å². The van der Waals surface area contributed by atoms with Crippen LogP contribution >= 0.6 is 11.6 Å². The van der Waals surface area contributed by atoms with E-state index in [-0.39, 0.29) is 6.04 Å². The molecule has 1 N–H and O–H groups in total. The van der Waals surface area contributed by atoms with Crippen LogP contribution in [0.2, 0.25) is 5.02 Å². The van der Waals surface area contributed by atoms with Crippen LogP contribution in [0.5, 0.6) is 0 Å². The van der Waals surface area contributed by atoms with Gasteiger partial charge in [0, 0.05) is 23.8 Å². The van der Waals surface area contributed by atoms with E-state index in [0.717, 1.165) is 44.9 Å². The number of benzene rings is 3. The lowest BCUT2D eigenvalue weighted by Gasteiger charge is -2.11. The molecule has 0 amide bonds. The molecule has 1 aliphatic rings. The first kappa shape index (κ1) is 16.9. The first-order chi connectivity index (χ1) is 13.8. The molecule has 0 fully saturated rings. The molecule has 0 saturated heterocycles. The van der Waals surface area contributed by atoms with Crippen molar-refractivity contribution in [2.75, 3.05) is 0 Å². The molecular formula is C23H17ClN4. The van der Waals surface area contributed by atoms with Crippen LogP contribution in [0.3, 0.4) is 0 Å². The van der Waals surface area contributed by atoms with E-state index in [1.165, 1.54) is 5.56 Å². The number of fused-ring (bicyclic) bond motifs is 1. The predicted molar refractivity (Wildman–Crippen MR) is 113 cm³/mol. The first-order valence-corrected chi connectivity index (χ1v) is 9.53. The lowest BCUT2D eigenvalue weighted by Crippen LogP contribution is -2.10. The van der Waals surface area contributed by atoms with Crippen LogP contribution in [-0.4, -0.2) is 15.7 Å². The summed E-state index contributed by atoms with van der Waals surface area (Å²) >= 11 is 6.10. The first-order valence-electron chi connectivity index (χ1n) is 9.15. The van der Waals surface area contributed by atoms with E-state index in [4.69, 9.17) is 11.6 Å². The molecule has 0 radical (unpaired) electrons. The summed E-state index contributed by atoms with van der Waals surface area (Å²) in [7, 11) is 0. The Morgan fingerprint density at radius 3 is 2.39 bits per heavy atom. The van der Waals surface area contributed by atoms with Gasteiger partial charge < -0.3 is 5.43 Å². The minimum absolute atomic E-state index is 0.147. The zero-order valence-corrected chi connectivity index (χ0v) is 15.8. The molecule has 0 bridgehead atoms. The molecule has 1 aromatic heterocycles. The van der Waals surface area contributed by atoms with Gasteiger partial charge in [-0.3, -0.25) is 9.97 Å². The number of nitrogens with zero attached hydrogens (tertiary/aromatic N) is 3. The van der Waals surface area contributed by atoms with Crippen LogP contribution in [0.25, 0.3) is 22.2 Å². The second-order valence-electron chi connectivity index (χ2n) is 6.84. The van der Waals surface area contributed by atoms with E-state index in [9.17, 15) is 0 Å². The van der Waals surface area contributed by atoms with Crippen LogP contribution in [-0.2, 0) is 0 Å². The Hall–Kier alpha value is -3.24. The Morgan fingerprint density at radius 1 is 0.786 bits per heavy atom. The normalized spacial score (nSPS) is 16.0. The number of hydrazone groups is 1. The van der Waals surface area contributed by atoms with Crippen molar-refractivity contribution >= 4 is 28.3 Å². The number of hydrogen-bond donors (Lipinski definition) is 1. The summed E-state index contributed by atoms with van der Waals surface area (Å²) in [6.45, 7) is 0. The van der Waals surface area contributed by atoms with Crippen LogP contribution in [0.4, 0.5) is 0 Å². The molecule has 2 heterocycles. The average Bonchev–Trinajstić information content (AvgIpc) is 3.24. The molecule has 0 saturated carbocycles. The number of aromatic nitrogens is 2. The number of nitrogens with one attached hydrogen (secondary N) is 1. The largest absolute Gasteiger partial charge is 0.302 e. The summed E-state index contributed by atoms with van der Waals surface area (Å²) in [5.74, 6) is 0. The van der Waals surface area contributed by atoms with E-state index in [0.29, 0.717) is 0 Å². The van der Waals surface area contributed by atoms with E-state index in [2.05, 4.69) is 63.0 Å². The minimum atomic E-state index is 0.147. The summed E-state index contributed by atoms with van der Waals surface area (Å²) in [5.41, 5.74) is 10.7. The Bertz CT molecular complexity index is 1180. The van der Waals surface area contributed by atoms with E-state index in [1.807, 2.05) is 24.3 Å². The number of halogens is 1. The molecule has 0 aliphatic carbocycles. The standard InChI is InChI=1S/C23H17ClN4/c24-19-3-1-2-17(12-19)15-4-6-16(7-5-15)21-14-22(28-27-21)18-8-9-20-23(13-18)26-11-10-25-20/h1-13,22,28H,14H2. The van der Waals surface area contributed by atoms with E-state index >= 15 is 0 Å². The molecule has 4 aromatic rings. The van der Waals surface area contributed by atoms with Gasteiger partial charge in [0.2, 0.25) is 0 Å². The van der Waals surface area contributed by atoms with Crippen molar-refractivity contribution in [1.29, 1.82) is 0 Å². The van der Waals surface area contributed by atoms with Crippen LogP contribution in [0.1, 0.15) is 23.6 Å². The fraction of sp³-hybridized carbons (Fsp3) is 0.0870. The van der Waals surface area contributed by atoms with Crippen LogP contribution < -0.4 is 5.43 Å². The van der Waals surface area contributed by atoms with Gasteiger partial charge >= 0.3 is 0 Å². The fourth-order valence-corrected chi connectivity index (χ4v) is 3.73. The Balaban J connectivity index is 1.35. The molecule has 1 atom stereocenters. The smallest absolute Gasteiger partial charge is 0.0890 e. The third-order valence-corrected chi connectivity index (χ3v) is 5.26. The Morgan fingerprint density at radius 2 is 1.57 bits per heavy atom. The maximum absolute atomic E-state index is 6.10. The van der Waals surface area contributed by atoms with Crippen molar-refractivity contribution in [3.8, 4) is 11.1 Å². The van der Waals surface area contributed by atoms with Crippen molar-refractivity contribution in [3.63, 3.8) is 0 Å². The van der Waals surface area contributed by atoms with Gasteiger partial charge in [0.1, 0.15) is 0 Å². The predicted octanol–water partition coefficient (Wildman–Crippen LogP) is 5.39. The second kappa shape index (κ2) is 7.06. The lowest BCUT2D eigenvalue weighted by molar-refractivity contribution is 0.620. The molecule has 136 valence electrons. The minimum Gasteiger partial charge on any atom is -0.302 e. The van der Waals surface area contributed by atoms with Gasteiger partial charge in [0.05, 0.1) is 22.8 Å². The molecule has 3 aromatic carbocycles. The highest BCUT2D eigenvalue weighted by atomic mass is 35.5. The van der Waals surface area contributed by atoms with Crippen molar-refractivity contribution in [2.24, 2.45) is 5.10 Å². The molecule has 28 heavy (non-hydrogen) atoms. The van der Waals surface area contributed by atoms with Crippen molar-refractivity contribution in [2.45, 2.75) is 12.5 Å². The SMILES string of the molecule is Clc1cccc(-c2ccc(C3=NNC(c4ccc5nccnc5c4)C3)cc2)c1. The number of rotatable bonds is 3. The maximum Gasteiger partial charge on any atom is 0.0890 e. The van der Waals surface area contributed by atoms with Crippen molar-refractivity contribution in [3.05, 3.63) is 95.3 Å². The molecule has 1 unspecified atom stereocenters. The molecule has 5 rings (SSSR count). The monoisotopic (exact) mass is 384 g/mol. The highest BCUT2D eigenvalue weighted by Gasteiger charge is 2.21. The van der Waals surface area contributed by atoms with Gasteiger partial charge in [-0.05, 0) is 46.5 Å². The molecular weight excluding hydrogens is 368 g/mol. The zero-order chi connectivity index (χ0) is 18.9. The lowest BCUT2D eigenvalue weighted by atomic mass is 9.97. The van der Waals surface area contributed by atoms with Crippen molar-refractivity contribution < 1.29 is 0 Å². The summed E-state index contributed by atoms with van der Waals surface area (Å²) in [6, 6.07) is 22.7. The molecule has 5 heteroatoms. The quantitative estimate of drug-likeness (QED) is 0.515. The summed E-state index contributed by atoms with van der Waals surface area (Å²) < 4.78 is 0. The number of hydrogen-bond acceptors (Lipinski definition) is 4. The molecule has 1 aliphatic heterocycles.